The van der Waals surface area contributed by atoms with Crippen LogP contribution in [0.15, 0.2) is 45.5 Å². The Bertz CT molecular complexity index is 1220. The number of epoxide rings is 1. The Labute approximate surface area is 216 Å². The van der Waals surface area contributed by atoms with Gasteiger partial charge in [-0.2, -0.15) is 0 Å². The van der Waals surface area contributed by atoms with Crippen LogP contribution < -0.4 is 0 Å². The lowest BCUT2D eigenvalue weighted by Gasteiger charge is -2.68. The normalized spacial score (nSPS) is 49.3. The van der Waals surface area contributed by atoms with Gasteiger partial charge in [0.2, 0.25) is 0 Å². The van der Waals surface area contributed by atoms with Gasteiger partial charge in [-0.25, -0.2) is 0 Å². The summed E-state index contributed by atoms with van der Waals surface area (Å²) in [5, 5.41) is 26.9. The zero-order valence-corrected chi connectivity index (χ0v) is 22.2. The third kappa shape index (κ3) is 2.71. The van der Waals surface area contributed by atoms with Crippen molar-refractivity contribution in [1.82, 2.24) is 0 Å². The lowest BCUT2D eigenvalue weighted by atomic mass is 9.35. The van der Waals surface area contributed by atoms with Crippen LogP contribution in [-0.2, 0) is 19.0 Å². The van der Waals surface area contributed by atoms with Crippen LogP contribution in [-0.4, -0.2) is 45.8 Å². The first-order valence-electron chi connectivity index (χ1n) is 13.1. The Balaban J connectivity index is 1.56. The average Bonchev–Trinajstić information content (AvgIpc) is 3.39. The number of rotatable bonds is 2. The summed E-state index contributed by atoms with van der Waals surface area (Å²) in [6.45, 7) is 12.3. The molecule has 2 unspecified atom stereocenters. The number of ether oxygens (including phenoxy) is 3. The number of fused-ring (bicyclic) bond motifs is 3. The van der Waals surface area contributed by atoms with Crippen molar-refractivity contribution in [2.75, 3.05) is 0 Å². The second kappa shape index (κ2) is 7.40. The molecule has 9 heteroatoms. The van der Waals surface area contributed by atoms with Crippen molar-refractivity contribution >= 4 is 17.6 Å². The van der Waals surface area contributed by atoms with E-state index in [0.29, 0.717) is 12.1 Å². The van der Waals surface area contributed by atoms with E-state index in [1.807, 2.05) is 12.1 Å². The van der Waals surface area contributed by atoms with E-state index in [1.165, 1.54) is 6.92 Å². The number of hydrogen-bond donors (Lipinski definition) is 2. The molecule has 37 heavy (non-hydrogen) atoms. The maximum Gasteiger partial charge on any atom is 0.302 e. The van der Waals surface area contributed by atoms with Crippen molar-refractivity contribution in [1.29, 1.82) is 0 Å². The van der Waals surface area contributed by atoms with Crippen molar-refractivity contribution < 1.29 is 33.8 Å². The summed E-state index contributed by atoms with van der Waals surface area (Å²) in [7, 11) is 0. The van der Waals surface area contributed by atoms with E-state index >= 15 is 0 Å². The highest BCUT2D eigenvalue weighted by atomic mass is 16.7. The van der Waals surface area contributed by atoms with E-state index in [2.05, 4.69) is 51.0 Å². The molecule has 1 aromatic heterocycles. The minimum absolute atomic E-state index is 0.0618. The quantitative estimate of drug-likeness (QED) is 0.245. The fourth-order valence-corrected chi connectivity index (χ4v) is 9.46. The second-order valence-electron chi connectivity index (χ2n) is 12.8. The second-order valence-corrected chi connectivity index (χ2v) is 12.8. The molecule has 9 nitrogen and oxygen atoms in total. The molecule has 1 aromatic rings. The largest absolute Gasteiger partial charge is 0.472 e. The fraction of sp³-hybridized carbons (Fsp3) is 0.679. The third-order valence-corrected chi connectivity index (χ3v) is 11.1. The summed E-state index contributed by atoms with van der Waals surface area (Å²) in [4.78, 5) is 12.5. The number of carbonyl (C=O) groups excluding carboxylic acids is 1. The molecule has 2 saturated heterocycles. The monoisotopic (exact) mass is 512 g/mol. The Morgan fingerprint density at radius 3 is 2.49 bits per heavy atom. The van der Waals surface area contributed by atoms with Crippen LogP contribution in [0.25, 0.3) is 0 Å². The average molecular weight is 513 g/mol. The number of esters is 1. The maximum absolute atomic E-state index is 12.5. The van der Waals surface area contributed by atoms with Gasteiger partial charge in [-0.05, 0) is 48.7 Å². The summed E-state index contributed by atoms with van der Waals surface area (Å²) in [6.07, 6.45) is 8.17. The van der Waals surface area contributed by atoms with E-state index in [9.17, 15) is 15.2 Å². The standard InChI is InChI=1S/C28H36N2O7/c1-15(31)35-20-13-18-24(2,3)19(29-32)8-10-25(18,4)17-7-11-26(5)21(16-9-12-34-14-16)36-23(30-33)22-28(26,37-22)27(17,20)6/h8-10,12,14,17-18,20-22,32-33H,7,11,13H2,1-6H3/b29-19+,30-23+/t17?,18?,20-,21+,22-,25-,26+,27+,28-/m1/s1. The number of hydrogen-bond acceptors (Lipinski definition) is 9. The molecule has 6 rings (SSSR count). The predicted octanol–water partition coefficient (Wildman–Crippen LogP) is 5.08. The van der Waals surface area contributed by atoms with Crippen LogP contribution in [0, 0.1) is 33.5 Å². The van der Waals surface area contributed by atoms with E-state index < -0.39 is 40.2 Å². The van der Waals surface area contributed by atoms with Gasteiger partial charge in [0, 0.05) is 28.7 Å². The smallest absolute Gasteiger partial charge is 0.302 e. The van der Waals surface area contributed by atoms with E-state index in [1.54, 1.807) is 12.5 Å². The van der Waals surface area contributed by atoms with Gasteiger partial charge in [0.25, 0.3) is 5.90 Å². The summed E-state index contributed by atoms with van der Waals surface area (Å²) >= 11 is 0. The van der Waals surface area contributed by atoms with Gasteiger partial charge in [-0.3, -0.25) is 4.79 Å². The van der Waals surface area contributed by atoms with Crippen molar-refractivity contribution in [2.24, 2.45) is 43.8 Å². The van der Waals surface area contributed by atoms with Gasteiger partial charge in [-0.15, -0.1) is 0 Å². The van der Waals surface area contributed by atoms with Gasteiger partial charge in [0.15, 0.2) is 6.10 Å². The van der Waals surface area contributed by atoms with Gasteiger partial charge in [-0.1, -0.05) is 51.0 Å². The molecule has 3 heterocycles. The van der Waals surface area contributed by atoms with Crippen LogP contribution in [0.5, 0.6) is 0 Å². The zero-order valence-electron chi connectivity index (χ0n) is 22.2. The highest BCUT2D eigenvalue weighted by Crippen LogP contribution is 2.80. The molecule has 0 amide bonds. The number of carbonyl (C=O) groups is 1. The highest BCUT2D eigenvalue weighted by molar-refractivity contribution is 6.00. The molecule has 0 radical (unpaired) electrons. The van der Waals surface area contributed by atoms with Crippen molar-refractivity contribution in [2.45, 2.75) is 84.7 Å². The first kappa shape index (κ1) is 24.5. The Morgan fingerprint density at radius 1 is 1.11 bits per heavy atom. The molecule has 5 aliphatic rings. The fourth-order valence-electron chi connectivity index (χ4n) is 9.46. The summed E-state index contributed by atoms with van der Waals surface area (Å²) in [5.41, 5.74) is -1.16. The first-order chi connectivity index (χ1) is 17.4. The minimum Gasteiger partial charge on any atom is -0.472 e. The predicted molar refractivity (Wildman–Crippen MR) is 132 cm³/mol. The van der Waals surface area contributed by atoms with Crippen LogP contribution in [0.2, 0.25) is 0 Å². The minimum atomic E-state index is -0.790. The van der Waals surface area contributed by atoms with E-state index in [0.717, 1.165) is 18.4 Å². The van der Waals surface area contributed by atoms with Gasteiger partial charge in [0.1, 0.15) is 17.8 Å². The Kier molecular flexibility index (Phi) is 4.90. The molecule has 2 N–H and O–H groups in total. The SMILES string of the molecule is CC(=O)O[C@@H]1CC2C(C)(C)/C(=N/O)C=C[C@]2(C)C2CC[C@@]3(C)[C@H](c4ccoc4)O/C(=N/O)[C@H]4O[C@]43[C@@]21C. The molecule has 2 saturated carbocycles. The number of oxime groups is 2. The van der Waals surface area contributed by atoms with Gasteiger partial charge >= 0.3 is 5.97 Å². The Morgan fingerprint density at radius 2 is 1.86 bits per heavy atom. The topological polar surface area (TPSA) is 126 Å². The lowest BCUT2D eigenvalue weighted by molar-refractivity contribution is -0.243. The molecule has 3 aliphatic carbocycles. The molecule has 2 aliphatic heterocycles. The van der Waals surface area contributed by atoms with Crippen molar-refractivity contribution in [3.8, 4) is 0 Å². The third-order valence-electron chi connectivity index (χ3n) is 11.1. The first-order valence-corrected chi connectivity index (χ1v) is 13.1. The van der Waals surface area contributed by atoms with Crippen LogP contribution in [0.4, 0.5) is 0 Å². The van der Waals surface area contributed by atoms with Crippen LogP contribution >= 0.6 is 0 Å². The molecule has 200 valence electrons. The van der Waals surface area contributed by atoms with Crippen molar-refractivity contribution in [3.63, 3.8) is 0 Å². The number of furan rings is 1. The van der Waals surface area contributed by atoms with Gasteiger partial charge < -0.3 is 29.0 Å². The summed E-state index contributed by atoms with van der Waals surface area (Å²) < 4.78 is 24.6. The van der Waals surface area contributed by atoms with Crippen molar-refractivity contribution in [3.05, 3.63) is 36.3 Å². The molecule has 0 aromatic carbocycles. The molecular weight excluding hydrogens is 476 g/mol. The van der Waals surface area contributed by atoms with Crippen LogP contribution in [0.1, 0.15) is 72.5 Å². The summed E-state index contributed by atoms with van der Waals surface area (Å²) in [5.74, 6) is -0.0653. The number of nitrogens with zero attached hydrogens (tertiary/aromatic N) is 2. The zero-order chi connectivity index (χ0) is 26.6. The van der Waals surface area contributed by atoms with E-state index in [-0.39, 0.29) is 29.1 Å². The molecule has 0 bridgehead atoms. The maximum atomic E-state index is 12.5. The highest BCUT2D eigenvalue weighted by Gasteiger charge is 2.88. The lowest BCUT2D eigenvalue weighted by Crippen LogP contribution is -2.72. The molecule has 9 atom stereocenters. The van der Waals surface area contributed by atoms with Crippen LogP contribution in [0.3, 0.4) is 0 Å². The van der Waals surface area contributed by atoms with E-state index in [4.69, 9.17) is 18.6 Å². The Hall–Kier alpha value is -2.81. The molecule has 1 spiro atoms. The molecular formula is C28H36N2O7. The summed E-state index contributed by atoms with van der Waals surface area (Å²) in [6, 6.07) is 1.87. The number of allylic oxidation sites excluding steroid dienone is 2. The van der Waals surface area contributed by atoms with Gasteiger partial charge in [0.05, 0.1) is 18.2 Å². The molecule has 4 fully saturated rings.